The summed E-state index contributed by atoms with van der Waals surface area (Å²) in [5.41, 5.74) is 6.39. The number of sulfonamides is 1. The maximum absolute atomic E-state index is 12.1. The topological polar surface area (TPSA) is 106 Å². The van der Waals surface area contributed by atoms with Gasteiger partial charge in [-0.05, 0) is 38.5 Å². The largest absolute Gasteiger partial charge is 0.383 e. The zero-order valence-corrected chi connectivity index (χ0v) is 17.6. The van der Waals surface area contributed by atoms with Crippen molar-refractivity contribution in [1.29, 1.82) is 0 Å². The molecule has 0 aliphatic rings. The molecule has 0 aliphatic heterocycles. The molecule has 0 radical (unpaired) electrons. The van der Waals surface area contributed by atoms with Crippen LogP contribution < -0.4 is 15.8 Å². The van der Waals surface area contributed by atoms with Crippen LogP contribution in [0, 0.1) is 0 Å². The van der Waals surface area contributed by atoms with Crippen LogP contribution in [0.4, 0.5) is 0 Å². The van der Waals surface area contributed by atoms with E-state index < -0.39 is 10.0 Å². The highest BCUT2D eigenvalue weighted by atomic mass is 127. The highest BCUT2D eigenvalue weighted by Gasteiger charge is 2.14. The zero-order valence-electron chi connectivity index (χ0n) is 14.5. The van der Waals surface area contributed by atoms with E-state index >= 15 is 0 Å². The standard InChI is InChI=1S/C15H26N4O3S.HI/c1-15(2,3)19-14(16)17-11-12-6-5-7-13(10-12)23(20,21)18-8-9-22-4;/h5-7,10,18H,8-9,11H2,1-4H3,(H3,16,17,19);1H. The Morgan fingerprint density at radius 2 is 2.00 bits per heavy atom. The lowest BCUT2D eigenvalue weighted by Gasteiger charge is -2.21. The summed E-state index contributed by atoms with van der Waals surface area (Å²) in [5.74, 6) is 0.323. The maximum atomic E-state index is 12.1. The highest BCUT2D eigenvalue weighted by Crippen LogP contribution is 2.12. The number of hydrogen-bond acceptors (Lipinski definition) is 4. The van der Waals surface area contributed by atoms with E-state index in [-0.39, 0.29) is 41.0 Å². The minimum atomic E-state index is -3.55. The first-order valence-corrected chi connectivity index (χ1v) is 8.78. The molecule has 0 aromatic heterocycles. The first-order chi connectivity index (χ1) is 10.6. The minimum absolute atomic E-state index is 0. The number of nitrogens with one attached hydrogen (secondary N) is 2. The van der Waals surface area contributed by atoms with E-state index in [4.69, 9.17) is 10.5 Å². The molecule has 1 rings (SSSR count). The fourth-order valence-electron chi connectivity index (χ4n) is 1.77. The summed E-state index contributed by atoms with van der Waals surface area (Å²) in [6, 6.07) is 6.62. The van der Waals surface area contributed by atoms with Crippen LogP contribution in [0.2, 0.25) is 0 Å². The quantitative estimate of drug-likeness (QED) is 0.242. The lowest BCUT2D eigenvalue weighted by atomic mass is 10.1. The maximum Gasteiger partial charge on any atom is 0.240 e. The summed E-state index contributed by atoms with van der Waals surface area (Å²) in [6.07, 6.45) is 0. The fraction of sp³-hybridized carbons (Fsp3) is 0.533. The predicted molar refractivity (Wildman–Crippen MR) is 107 cm³/mol. The first-order valence-electron chi connectivity index (χ1n) is 7.30. The molecule has 0 bridgehead atoms. The summed E-state index contributed by atoms with van der Waals surface area (Å²) < 4.78 is 31.6. The van der Waals surface area contributed by atoms with Crippen LogP contribution in [-0.4, -0.2) is 40.2 Å². The van der Waals surface area contributed by atoms with Gasteiger partial charge in [0.1, 0.15) is 0 Å². The van der Waals surface area contributed by atoms with Crippen molar-refractivity contribution in [2.24, 2.45) is 10.7 Å². The van der Waals surface area contributed by atoms with Crippen LogP contribution in [-0.2, 0) is 21.3 Å². The Bertz CT molecular complexity index is 642. The second kappa shape index (κ2) is 10.2. The molecule has 7 nitrogen and oxygen atoms in total. The van der Waals surface area contributed by atoms with E-state index in [0.29, 0.717) is 19.1 Å². The molecule has 24 heavy (non-hydrogen) atoms. The average Bonchev–Trinajstić information content (AvgIpc) is 2.44. The van der Waals surface area contributed by atoms with Crippen molar-refractivity contribution in [2.75, 3.05) is 20.3 Å². The van der Waals surface area contributed by atoms with Crippen LogP contribution in [0.25, 0.3) is 0 Å². The summed E-state index contributed by atoms with van der Waals surface area (Å²) >= 11 is 0. The van der Waals surface area contributed by atoms with Gasteiger partial charge in [-0.2, -0.15) is 0 Å². The van der Waals surface area contributed by atoms with Gasteiger partial charge in [-0.3, -0.25) is 0 Å². The van der Waals surface area contributed by atoms with Crippen LogP contribution in [0.5, 0.6) is 0 Å². The molecule has 0 unspecified atom stereocenters. The fourth-order valence-corrected chi connectivity index (χ4v) is 2.86. The number of ether oxygens (including phenoxy) is 1. The van der Waals surface area contributed by atoms with Gasteiger partial charge < -0.3 is 15.8 Å². The molecular formula is C15H27IN4O3S. The lowest BCUT2D eigenvalue weighted by Crippen LogP contribution is -2.44. The average molecular weight is 470 g/mol. The second-order valence-corrected chi connectivity index (χ2v) is 7.88. The summed E-state index contributed by atoms with van der Waals surface area (Å²) in [6.45, 7) is 6.79. The molecule has 1 aromatic carbocycles. The summed E-state index contributed by atoms with van der Waals surface area (Å²) in [4.78, 5) is 4.42. The van der Waals surface area contributed by atoms with Crippen LogP contribution >= 0.6 is 24.0 Å². The predicted octanol–water partition coefficient (Wildman–Crippen LogP) is 1.43. The Balaban J connectivity index is 0.00000529. The highest BCUT2D eigenvalue weighted by molar-refractivity contribution is 14.0. The van der Waals surface area contributed by atoms with E-state index in [9.17, 15) is 8.42 Å². The van der Waals surface area contributed by atoms with Crippen molar-refractivity contribution < 1.29 is 13.2 Å². The van der Waals surface area contributed by atoms with E-state index in [2.05, 4.69) is 15.0 Å². The molecule has 0 aliphatic carbocycles. The molecule has 0 saturated carbocycles. The number of aliphatic imine (C=N–C) groups is 1. The number of methoxy groups -OCH3 is 1. The summed E-state index contributed by atoms with van der Waals surface area (Å²) in [5, 5.41) is 3.05. The van der Waals surface area contributed by atoms with Gasteiger partial charge in [0, 0.05) is 19.2 Å². The third-order valence-electron chi connectivity index (χ3n) is 2.74. The van der Waals surface area contributed by atoms with Gasteiger partial charge in [0.15, 0.2) is 5.96 Å². The molecule has 0 saturated heterocycles. The molecular weight excluding hydrogens is 443 g/mol. The molecule has 9 heteroatoms. The molecule has 1 aromatic rings. The summed E-state index contributed by atoms with van der Waals surface area (Å²) in [7, 11) is -2.03. The zero-order chi connectivity index (χ0) is 17.5. The Morgan fingerprint density at radius 3 is 2.58 bits per heavy atom. The lowest BCUT2D eigenvalue weighted by molar-refractivity contribution is 0.204. The van der Waals surface area contributed by atoms with Gasteiger partial charge in [0.2, 0.25) is 10.0 Å². The van der Waals surface area contributed by atoms with Gasteiger partial charge in [0.05, 0.1) is 18.0 Å². The van der Waals surface area contributed by atoms with E-state index in [1.165, 1.54) is 7.11 Å². The van der Waals surface area contributed by atoms with Crippen molar-refractivity contribution in [1.82, 2.24) is 10.0 Å². The monoisotopic (exact) mass is 470 g/mol. The van der Waals surface area contributed by atoms with E-state index in [1.54, 1.807) is 18.2 Å². The number of rotatable bonds is 7. The van der Waals surface area contributed by atoms with Crippen molar-refractivity contribution >= 4 is 40.0 Å². The molecule has 4 N–H and O–H groups in total. The second-order valence-electron chi connectivity index (χ2n) is 6.11. The van der Waals surface area contributed by atoms with E-state index in [1.807, 2.05) is 26.8 Å². The van der Waals surface area contributed by atoms with Crippen molar-refractivity contribution in [3.63, 3.8) is 0 Å². The molecule has 0 spiro atoms. The number of nitrogens with two attached hydrogens (primary N) is 1. The van der Waals surface area contributed by atoms with Crippen molar-refractivity contribution in [2.45, 2.75) is 37.8 Å². The van der Waals surface area contributed by atoms with Crippen molar-refractivity contribution in [3.8, 4) is 0 Å². The third-order valence-corrected chi connectivity index (χ3v) is 4.20. The molecule has 0 atom stereocenters. The smallest absolute Gasteiger partial charge is 0.240 e. The minimum Gasteiger partial charge on any atom is -0.383 e. The number of nitrogens with zero attached hydrogens (tertiary/aromatic N) is 1. The number of halogens is 1. The van der Waals surface area contributed by atoms with Crippen LogP contribution in [0.3, 0.4) is 0 Å². The molecule has 0 amide bonds. The van der Waals surface area contributed by atoms with Gasteiger partial charge in [-0.25, -0.2) is 18.1 Å². The number of guanidine groups is 1. The van der Waals surface area contributed by atoms with Gasteiger partial charge in [0.25, 0.3) is 0 Å². The van der Waals surface area contributed by atoms with Gasteiger partial charge in [-0.1, -0.05) is 12.1 Å². The normalized spacial score (nSPS) is 12.6. The van der Waals surface area contributed by atoms with E-state index in [0.717, 1.165) is 5.56 Å². The molecule has 138 valence electrons. The Morgan fingerprint density at radius 1 is 1.33 bits per heavy atom. The van der Waals surface area contributed by atoms with Gasteiger partial charge >= 0.3 is 0 Å². The molecule has 0 heterocycles. The Kier molecular flexibility index (Phi) is 9.78. The Hall–Kier alpha value is -0.910. The van der Waals surface area contributed by atoms with Crippen molar-refractivity contribution in [3.05, 3.63) is 29.8 Å². The SMILES string of the molecule is COCCNS(=O)(=O)c1cccc(CN=C(N)NC(C)(C)C)c1.I. The van der Waals surface area contributed by atoms with Crippen LogP contribution in [0.1, 0.15) is 26.3 Å². The molecule has 0 fully saturated rings. The third kappa shape index (κ3) is 8.81. The van der Waals surface area contributed by atoms with Crippen LogP contribution in [0.15, 0.2) is 34.2 Å². The van der Waals surface area contributed by atoms with Gasteiger partial charge in [-0.15, -0.1) is 24.0 Å². The Labute approximate surface area is 161 Å². The first kappa shape index (κ1) is 23.1. The number of benzene rings is 1. The number of hydrogen-bond donors (Lipinski definition) is 3.